The molecular weight excluding hydrogens is 146 g/mol. The van der Waals surface area contributed by atoms with E-state index in [0.717, 1.165) is 0 Å². The fourth-order valence-electron chi connectivity index (χ4n) is 1.20. The molecule has 1 aromatic rings. The van der Waals surface area contributed by atoms with Crippen LogP contribution in [0.15, 0.2) is 24.3 Å². The van der Waals surface area contributed by atoms with Gasteiger partial charge in [0.05, 0.1) is 0 Å². The molecule has 66 valence electrons. The third-order valence-corrected chi connectivity index (χ3v) is 2.10. The van der Waals surface area contributed by atoms with Crippen molar-refractivity contribution < 1.29 is 0 Å². The molecule has 0 fully saturated rings. The highest BCUT2D eigenvalue weighted by molar-refractivity contribution is 5.27. The van der Waals surface area contributed by atoms with Crippen LogP contribution in [-0.4, -0.2) is 0 Å². The van der Waals surface area contributed by atoms with E-state index in [9.17, 15) is 0 Å². The molecule has 0 unspecified atom stereocenters. The van der Waals surface area contributed by atoms with Gasteiger partial charge in [0.1, 0.15) is 0 Å². The Morgan fingerprint density at radius 2 is 1.67 bits per heavy atom. The van der Waals surface area contributed by atoms with E-state index in [4.69, 9.17) is 5.73 Å². The summed E-state index contributed by atoms with van der Waals surface area (Å²) in [6.07, 6.45) is 0. The first-order chi connectivity index (χ1) is 5.61. The van der Waals surface area contributed by atoms with E-state index in [1.165, 1.54) is 11.1 Å². The Bertz CT molecular complexity index is 228. The Morgan fingerprint density at radius 1 is 1.08 bits per heavy atom. The van der Waals surface area contributed by atoms with Crippen LogP contribution in [0.5, 0.6) is 0 Å². The quantitative estimate of drug-likeness (QED) is 0.712. The molecule has 0 amide bonds. The highest BCUT2D eigenvalue weighted by Crippen LogP contribution is 2.18. The van der Waals surface area contributed by atoms with Crippen LogP contribution in [0.4, 0.5) is 0 Å². The minimum Gasteiger partial charge on any atom is -0.324 e. The summed E-state index contributed by atoms with van der Waals surface area (Å²) >= 11 is 0. The van der Waals surface area contributed by atoms with Gasteiger partial charge in [-0.2, -0.15) is 0 Å². The maximum Gasteiger partial charge on any atom is 0.0266 e. The van der Waals surface area contributed by atoms with Crippen molar-refractivity contribution in [1.82, 2.24) is 0 Å². The first-order valence-electron chi connectivity index (χ1n) is 4.46. The van der Waals surface area contributed by atoms with Crippen LogP contribution in [0.3, 0.4) is 0 Å². The molecule has 1 rings (SSSR count). The summed E-state index contributed by atoms with van der Waals surface area (Å²) in [4.78, 5) is 0. The molecule has 1 aromatic carbocycles. The number of rotatable bonds is 2. The summed E-state index contributed by atoms with van der Waals surface area (Å²) in [6.45, 7) is 6.40. The zero-order chi connectivity index (χ0) is 9.14. The minimum atomic E-state index is 0.142. The zero-order valence-electron chi connectivity index (χ0n) is 8.04. The monoisotopic (exact) mass is 163 g/mol. The van der Waals surface area contributed by atoms with Crippen LogP contribution >= 0.6 is 0 Å². The topological polar surface area (TPSA) is 26.0 Å². The van der Waals surface area contributed by atoms with Crippen LogP contribution in [0.25, 0.3) is 0 Å². The molecule has 0 spiro atoms. The van der Waals surface area contributed by atoms with E-state index >= 15 is 0 Å². The second-order valence-electron chi connectivity index (χ2n) is 3.61. The number of hydrogen-bond donors (Lipinski definition) is 1. The van der Waals surface area contributed by atoms with Crippen molar-refractivity contribution in [2.24, 2.45) is 5.73 Å². The van der Waals surface area contributed by atoms with Gasteiger partial charge in [-0.15, -0.1) is 0 Å². The van der Waals surface area contributed by atoms with Gasteiger partial charge < -0.3 is 5.73 Å². The lowest BCUT2D eigenvalue weighted by atomic mass is 9.99. The molecule has 0 aliphatic rings. The summed E-state index contributed by atoms with van der Waals surface area (Å²) in [5.41, 5.74) is 8.37. The van der Waals surface area contributed by atoms with E-state index in [2.05, 4.69) is 38.1 Å². The predicted molar refractivity (Wildman–Crippen MR) is 53.1 cm³/mol. The normalized spacial score (nSPS) is 13.4. The smallest absolute Gasteiger partial charge is 0.0266 e. The molecule has 0 saturated heterocycles. The fourth-order valence-corrected chi connectivity index (χ4v) is 1.20. The molecule has 0 heterocycles. The number of nitrogens with two attached hydrogens (primary N) is 1. The van der Waals surface area contributed by atoms with Crippen LogP contribution in [0.1, 0.15) is 43.9 Å². The molecule has 1 nitrogen and oxygen atoms in total. The highest BCUT2D eigenvalue weighted by Gasteiger charge is 2.02. The highest BCUT2D eigenvalue weighted by atomic mass is 14.6. The van der Waals surface area contributed by atoms with Gasteiger partial charge in [-0.25, -0.2) is 0 Å². The van der Waals surface area contributed by atoms with Gasteiger partial charge in [-0.1, -0.05) is 38.1 Å². The first kappa shape index (κ1) is 9.27. The summed E-state index contributed by atoms with van der Waals surface area (Å²) in [5.74, 6) is 0.587. The molecule has 12 heavy (non-hydrogen) atoms. The largest absolute Gasteiger partial charge is 0.324 e. The average molecular weight is 163 g/mol. The molecule has 0 radical (unpaired) electrons. The van der Waals surface area contributed by atoms with Gasteiger partial charge in [0.2, 0.25) is 0 Å². The van der Waals surface area contributed by atoms with E-state index < -0.39 is 0 Å². The van der Waals surface area contributed by atoms with Crippen LogP contribution in [0.2, 0.25) is 0 Å². The van der Waals surface area contributed by atoms with E-state index in [-0.39, 0.29) is 6.04 Å². The molecular formula is C11H17N. The maximum absolute atomic E-state index is 5.78. The van der Waals surface area contributed by atoms with Crippen LogP contribution in [-0.2, 0) is 0 Å². The Kier molecular flexibility index (Phi) is 2.88. The van der Waals surface area contributed by atoms with Crippen LogP contribution in [0, 0.1) is 0 Å². The fraction of sp³-hybridized carbons (Fsp3) is 0.455. The molecule has 0 bridgehead atoms. The summed E-state index contributed by atoms with van der Waals surface area (Å²) in [7, 11) is 0. The number of hydrogen-bond acceptors (Lipinski definition) is 1. The Hall–Kier alpha value is -0.820. The predicted octanol–water partition coefficient (Wildman–Crippen LogP) is 2.83. The third kappa shape index (κ3) is 2.08. The van der Waals surface area contributed by atoms with Gasteiger partial charge in [0.15, 0.2) is 0 Å². The minimum absolute atomic E-state index is 0.142. The van der Waals surface area contributed by atoms with E-state index in [1.54, 1.807) is 0 Å². The van der Waals surface area contributed by atoms with Crippen molar-refractivity contribution in [2.45, 2.75) is 32.7 Å². The summed E-state index contributed by atoms with van der Waals surface area (Å²) in [6, 6.07) is 8.64. The standard InChI is InChI=1S/C11H17N/c1-8(2)10-5-4-6-11(7-10)9(3)12/h4-9H,12H2,1-3H3/t9-/m0/s1. The lowest BCUT2D eigenvalue weighted by molar-refractivity contribution is 0.803. The van der Waals surface area contributed by atoms with Crippen molar-refractivity contribution in [2.75, 3.05) is 0 Å². The molecule has 0 aromatic heterocycles. The lowest BCUT2D eigenvalue weighted by Gasteiger charge is -2.10. The Morgan fingerprint density at radius 3 is 2.17 bits per heavy atom. The van der Waals surface area contributed by atoms with Crippen molar-refractivity contribution >= 4 is 0 Å². The molecule has 0 aliphatic carbocycles. The second-order valence-corrected chi connectivity index (χ2v) is 3.61. The van der Waals surface area contributed by atoms with Gasteiger partial charge in [-0.3, -0.25) is 0 Å². The second kappa shape index (κ2) is 3.72. The molecule has 1 heteroatoms. The molecule has 0 saturated carbocycles. The maximum atomic E-state index is 5.78. The Balaban J connectivity index is 2.96. The van der Waals surface area contributed by atoms with Gasteiger partial charge >= 0.3 is 0 Å². The van der Waals surface area contributed by atoms with Gasteiger partial charge in [0.25, 0.3) is 0 Å². The zero-order valence-corrected chi connectivity index (χ0v) is 8.04. The summed E-state index contributed by atoms with van der Waals surface area (Å²) in [5, 5.41) is 0. The molecule has 1 atom stereocenters. The lowest BCUT2D eigenvalue weighted by Crippen LogP contribution is -2.05. The van der Waals surface area contributed by atoms with Gasteiger partial charge in [-0.05, 0) is 24.0 Å². The Labute approximate surface area is 74.6 Å². The van der Waals surface area contributed by atoms with Crippen LogP contribution < -0.4 is 5.73 Å². The summed E-state index contributed by atoms with van der Waals surface area (Å²) < 4.78 is 0. The third-order valence-electron chi connectivity index (χ3n) is 2.10. The number of benzene rings is 1. The van der Waals surface area contributed by atoms with E-state index in [0.29, 0.717) is 5.92 Å². The SMILES string of the molecule is CC(C)c1cccc([C@H](C)N)c1. The molecule has 0 aliphatic heterocycles. The average Bonchev–Trinajstić information content (AvgIpc) is 2.04. The molecule has 2 N–H and O–H groups in total. The van der Waals surface area contributed by atoms with Gasteiger partial charge in [0, 0.05) is 6.04 Å². The van der Waals surface area contributed by atoms with Crippen molar-refractivity contribution in [3.63, 3.8) is 0 Å². The van der Waals surface area contributed by atoms with Crippen molar-refractivity contribution in [3.8, 4) is 0 Å². The van der Waals surface area contributed by atoms with Crippen molar-refractivity contribution in [1.29, 1.82) is 0 Å². The first-order valence-corrected chi connectivity index (χ1v) is 4.46. The van der Waals surface area contributed by atoms with Crippen molar-refractivity contribution in [3.05, 3.63) is 35.4 Å². The van der Waals surface area contributed by atoms with E-state index in [1.807, 2.05) is 6.92 Å².